The van der Waals surface area contributed by atoms with Crippen molar-refractivity contribution in [1.29, 1.82) is 0 Å². The smallest absolute Gasteiger partial charge is 0.452 e. The summed E-state index contributed by atoms with van der Waals surface area (Å²) in [5.74, 6) is 0.166. The topological polar surface area (TPSA) is 93.9 Å². The van der Waals surface area contributed by atoms with Gasteiger partial charge < -0.3 is 23.5 Å². The molecule has 2 aromatic rings. The van der Waals surface area contributed by atoms with E-state index in [0.717, 1.165) is 17.5 Å². The van der Waals surface area contributed by atoms with Crippen LogP contribution in [0.3, 0.4) is 0 Å². The maximum atomic E-state index is 13.1. The third-order valence-corrected chi connectivity index (χ3v) is 9.02. The van der Waals surface area contributed by atoms with Crippen molar-refractivity contribution in [3.63, 3.8) is 0 Å². The fraction of sp³-hybridized carbons (Fsp3) is 0.654. The number of ether oxygens (including phenoxy) is 3. The minimum Gasteiger partial charge on any atom is -0.452 e. The standard InChI is InChI=1S/C26H34BN3O6/c1-24(2)17-12-18(24)26(5)19(13-17)35-27(36-26)20(32-6)11-15-7-8-16(14-30-10-9-28-29-30)21-22(15)33-25(3,4)34-23(21)31/h7-10,17-20H,11-14H2,1-6H3/t17-,18-,19?,20+,26+/m1/s1. The van der Waals surface area contributed by atoms with Gasteiger partial charge in [-0.15, -0.1) is 5.10 Å². The fourth-order valence-electron chi connectivity index (χ4n) is 6.90. The van der Waals surface area contributed by atoms with Crippen LogP contribution in [0.25, 0.3) is 0 Å². The largest absolute Gasteiger partial charge is 0.489 e. The van der Waals surface area contributed by atoms with Gasteiger partial charge in [0.1, 0.15) is 11.3 Å². The minimum absolute atomic E-state index is 0.0704. The molecule has 0 radical (unpaired) electrons. The summed E-state index contributed by atoms with van der Waals surface area (Å²) in [5.41, 5.74) is 1.96. The number of methoxy groups -OCH3 is 1. The molecule has 9 nitrogen and oxygen atoms in total. The molecule has 4 fully saturated rings. The van der Waals surface area contributed by atoms with Crippen molar-refractivity contribution in [2.75, 3.05) is 7.11 Å². The highest BCUT2D eigenvalue weighted by Crippen LogP contribution is 2.65. The molecular weight excluding hydrogens is 461 g/mol. The van der Waals surface area contributed by atoms with E-state index in [1.54, 1.807) is 38.0 Å². The quantitative estimate of drug-likeness (QED) is 0.445. The van der Waals surface area contributed by atoms with Gasteiger partial charge in [0, 0.05) is 33.6 Å². The second kappa shape index (κ2) is 8.04. The number of benzene rings is 1. The highest BCUT2D eigenvalue weighted by atomic mass is 16.7. The van der Waals surface area contributed by atoms with Gasteiger partial charge in [0.2, 0.25) is 5.79 Å². The van der Waals surface area contributed by atoms with Crippen LogP contribution in [-0.2, 0) is 31.7 Å². The summed E-state index contributed by atoms with van der Waals surface area (Å²) < 4.78 is 32.5. The average Bonchev–Trinajstić information content (AvgIpc) is 3.43. The van der Waals surface area contributed by atoms with Crippen LogP contribution >= 0.6 is 0 Å². The van der Waals surface area contributed by atoms with E-state index in [0.29, 0.717) is 36.1 Å². The lowest BCUT2D eigenvalue weighted by atomic mass is 9.43. The zero-order valence-corrected chi connectivity index (χ0v) is 21.8. The van der Waals surface area contributed by atoms with Crippen molar-refractivity contribution in [3.05, 3.63) is 41.2 Å². The molecule has 0 N–H and O–H groups in total. The molecule has 0 spiro atoms. The molecule has 192 valence electrons. The van der Waals surface area contributed by atoms with Crippen molar-refractivity contribution in [1.82, 2.24) is 15.0 Å². The Kier molecular flexibility index (Phi) is 5.34. The molecule has 1 unspecified atom stereocenters. The monoisotopic (exact) mass is 495 g/mol. The van der Waals surface area contributed by atoms with Crippen LogP contribution in [0.1, 0.15) is 68.9 Å². The van der Waals surface area contributed by atoms with Crippen LogP contribution in [0, 0.1) is 17.3 Å². The van der Waals surface area contributed by atoms with Crippen LogP contribution in [0.2, 0.25) is 0 Å². The highest BCUT2D eigenvalue weighted by Gasteiger charge is 2.68. The zero-order chi connectivity index (χ0) is 25.5. The third-order valence-electron chi connectivity index (χ3n) is 9.02. The maximum Gasteiger partial charge on any atom is 0.489 e. The average molecular weight is 495 g/mol. The summed E-state index contributed by atoms with van der Waals surface area (Å²) in [5, 5.41) is 7.89. The molecule has 2 bridgehead atoms. The Morgan fingerprint density at radius 3 is 2.64 bits per heavy atom. The van der Waals surface area contributed by atoms with E-state index in [1.165, 1.54) is 6.42 Å². The van der Waals surface area contributed by atoms with Crippen molar-refractivity contribution in [2.45, 2.75) is 83.9 Å². The molecule has 1 aromatic heterocycles. The first-order valence-corrected chi connectivity index (χ1v) is 12.8. The predicted molar refractivity (Wildman–Crippen MR) is 130 cm³/mol. The van der Waals surface area contributed by atoms with Crippen molar-refractivity contribution in [2.24, 2.45) is 17.3 Å². The Morgan fingerprint density at radius 1 is 1.17 bits per heavy atom. The number of hydrogen-bond acceptors (Lipinski definition) is 8. The number of hydrogen-bond donors (Lipinski definition) is 0. The fourth-order valence-corrected chi connectivity index (χ4v) is 6.90. The Morgan fingerprint density at radius 2 is 1.94 bits per heavy atom. The number of cyclic esters (lactones) is 1. The van der Waals surface area contributed by atoms with Gasteiger partial charge in [-0.25, -0.2) is 9.48 Å². The number of fused-ring (bicyclic) bond motifs is 1. The van der Waals surface area contributed by atoms with Crippen molar-refractivity contribution < 1.29 is 28.3 Å². The molecule has 1 aromatic carbocycles. The van der Waals surface area contributed by atoms with E-state index in [9.17, 15) is 4.79 Å². The van der Waals surface area contributed by atoms with Gasteiger partial charge in [-0.3, -0.25) is 0 Å². The first-order chi connectivity index (χ1) is 17.0. The summed E-state index contributed by atoms with van der Waals surface area (Å²) in [7, 11) is 1.19. The molecule has 0 amide bonds. The van der Waals surface area contributed by atoms with Crippen molar-refractivity contribution in [3.8, 4) is 5.75 Å². The number of aromatic nitrogens is 3. The lowest BCUT2D eigenvalue weighted by molar-refractivity contribution is -0.199. The summed E-state index contributed by atoms with van der Waals surface area (Å²) in [6, 6.07) is 3.54. The molecular formula is C26H34BN3O6. The van der Waals surface area contributed by atoms with E-state index in [4.69, 9.17) is 23.5 Å². The van der Waals surface area contributed by atoms with Crippen molar-refractivity contribution >= 4 is 13.1 Å². The maximum absolute atomic E-state index is 13.1. The number of carbonyl (C=O) groups is 1. The molecule has 5 aliphatic rings. The van der Waals surface area contributed by atoms with Crippen LogP contribution in [0.4, 0.5) is 0 Å². The summed E-state index contributed by atoms with van der Waals surface area (Å²) in [6.07, 6.45) is 6.10. The third kappa shape index (κ3) is 3.60. The van der Waals surface area contributed by atoms with Crippen LogP contribution < -0.4 is 4.74 Å². The molecule has 36 heavy (non-hydrogen) atoms. The van der Waals surface area contributed by atoms with Gasteiger partial charge in [0.05, 0.1) is 30.4 Å². The molecule has 1 saturated heterocycles. The summed E-state index contributed by atoms with van der Waals surface area (Å²) >= 11 is 0. The highest BCUT2D eigenvalue weighted by molar-refractivity contribution is 6.47. The molecule has 3 saturated carbocycles. The SMILES string of the molecule is CO[C@@H](Cc1ccc(Cn2ccnn2)c2c1OC(C)(C)OC2=O)B1OC2C[C@H]3C[C@H](C3(C)C)[C@]2(C)O1. The van der Waals surface area contributed by atoms with E-state index < -0.39 is 18.9 Å². The Balaban J connectivity index is 1.29. The number of carbonyl (C=O) groups excluding carboxylic acids is 1. The molecule has 5 atom stereocenters. The van der Waals surface area contributed by atoms with Gasteiger partial charge in [0.25, 0.3) is 0 Å². The Bertz CT molecular complexity index is 1180. The van der Waals surface area contributed by atoms with Crippen LogP contribution in [0.5, 0.6) is 5.75 Å². The van der Waals surface area contributed by atoms with E-state index in [1.807, 2.05) is 12.1 Å². The van der Waals surface area contributed by atoms with Gasteiger partial charge in [-0.05, 0) is 48.1 Å². The zero-order valence-electron chi connectivity index (χ0n) is 21.8. The van der Waals surface area contributed by atoms with Gasteiger partial charge in [-0.2, -0.15) is 0 Å². The van der Waals surface area contributed by atoms with Gasteiger partial charge >= 0.3 is 13.1 Å². The molecule has 10 heteroatoms. The predicted octanol–water partition coefficient (Wildman–Crippen LogP) is 3.44. The Hall–Kier alpha value is -2.43. The second-order valence-electron chi connectivity index (χ2n) is 11.9. The molecule has 2 aliphatic heterocycles. The lowest BCUT2D eigenvalue weighted by Gasteiger charge is -2.64. The molecule has 7 rings (SSSR count). The van der Waals surface area contributed by atoms with Gasteiger partial charge in [0.15, 0.2) is 0 Å². The summed E-state index contributed by atoms with van der Waals surface area (Å²) in [4.78, 5) is 13.1. The summed E-state index contributed by atoms with van der Waals surface area (Å²) in [6.45, 7) is 10.7. The molecule has 3 aliphatic carbocycles. The lowest BCUT2D eigenvalue weighted by Crippen LogP contribution is -2.65. The number of esters is 1. The first kappa shape index (κ1) is 23.9. The molecule has 3 heterocycles. The van der Waals surface area contributed by atoms with E-state index in [2.05, 4.69) is 31.1 Å². The first-order valence-electron chi connectivity index (χ1n) is 12.8. The number of rotatable bonds is 6. The van der Waals surface area contributed by atoms with Gasteiger partial charge in [-0.1, -0.05) is 31.2 Å². The van der Waals surface area contributed by atoms with E-state index in [-0.39, 0.29) is 23.1 Å². The minimum atomic E-state index is -1.08. The second-order valence-corrected chi connectivity index (χ2v) is 11.9. The number of nitrogens with zero attached hydrogens (tertiary/aromatic N) is 3. The van der Waals surface area contributed by atoms with E-state index >= 15 is 0 Å². The normalized spacial score (nSPS) is 32.1. The Labute approximate surface area is 211 Å². The van der Waals surface area contributed by atoms with Crippen LogP contribution in [0.15, 0.2) is 24.5 Å². The van der Waals surface area contributed by atoms with Crippen LogP contribution in [-0.4, -0.2) is 58.7 Å².